The van der Waals surface area contributed by atoms with Gasteiger partial charge in [0.05, 0.1) is 6.10 Å². The Morgan fingerprint density at radius 3 is 2.50 bits per heavy atom. The first-order valence-electron chi connectivity index (χ1n) is 6.08. The summed E-state index contributed by atoms with van der Waals surface area (Å²) in [6.07, 6.45) is -9.13. The predicted octanol–water partition coefficient (Wildman–Crippen LogP) is -3.27. The molecule has 6 atom stereocenters. The van der Waals surface area contributed by atoms with Gasteiger partial charge in [-0.25, -0.2) is 0 Å². The lowest BCUT2D eigenvalue weighted by Gasteiger charge is -2.31. The van der Waals surface area contributed by atoms with Crippen molar-refractivity contribution in [1.29, 1.82) is 0 Å². The topological polar surface area (TPSA) is 146 Å². The van der Waals surface area contributed by atoms with Crippen LogP contribution >= 0.6 is 0 Å². The maximum atomic E-state index is 11.1. The molecule has 0 saturated carbocycles. The molecule has 0 radical (unpaired) electrons. The van der Waals surface area contributed by atoms with Crippen LogP contribution in [0.4, 0.5) is 0 Å². The quantitative estimate of drug-likeness (QED) is 0.291. The minimum absolute atomic E-state index is 0.148. The molecule has 0 bridgehead atoms. The lowest BCUT2D eigenvalue weighted by Crippen LogP contribution is -2.50. The summed E-state index contributed by atoms with van der Waals surface area (Å²) >= 11 is 0. The summed E-state index contributed by atoms with van der Waals surface area (Å²) in [5, 5.41) is 47.3. The van der Waals surface area contributed by atoms with Crippen molar-refractivity contribution in [3.63, 3.8) is 0 Å². The first-order chi connectivity index (χ1) is 9.42. The zero-order valence-electron chi connectivity index (χ0n) is 11.0. The third kappa shape index (κ3) is 4.17. The molecule has 3 unspecified atom stereocenters. The fraction of sp³-hybridized carbons (Fsp3) is 0.909. The third-order valence-electron chi connectivity index (χ3n) is 2.95. The van der Waals surface area contributed by atoms with E-state index in [4.69, 9.17) is 14.6 Å². The number of Topliss-reactive ketones (excluding diaryl/α,β-unsaturated/α-hetero) is 1. The molecule has 0 spiro atoms. The van der Waals surface area contributed by atoms with Gasteiger partial charge in [0, 0.05) is 13.7 Å². The molecule has 5 N–H and O–H groups in total. The van der Waals surface area contributed by atoms with Crippen LogP contribution in [0.5, 0.6) is 0 Å². The second-order valence-electron chi connectivity index (χ2n) is 4.39. The number of aliphatic hydroxyl groups excluding tert-OH is 5. The lowest BCUT2D eigenvalue weighted by atomic mass is 10.0. The summed E-state index contributed by atoms with van der Waals surface area (Å²) in [5.74, 6) is -0.592. The fourth-order valence-electron chi connectivity index (χ4n) is 1.73. The molecule has 1 fully saturated rings. The van der Waals surface area contributed by atoms with E-state index in [0.29, 0.717) is 0 Å². The number of ether oxygens (including phenoxy) is 3. The molecule has 9 nitrogen and oxygen atoms in total. The standard InChI is InChI=1S/C11H20O9/c1-18-10(17)9(7(15)5(13)2-3-12)20-11-8(16)6(14)4-19-11/h5,7-13,15-17H,2-4H2,1H3/t5-,7?,8?,9?,10-,11-/m1/s1. The summed E-state index contributed by atoms with van der Waals surface area (Å²) in [7, 11) is 1.14. The van der Waals surface area contributed by atoms with Crippen LogP contribution in [0.25, 0.3) is 0 Å². The van der Waals surface area contributed by atoms with Gasteiger partial charge >= 0.3 is 0 Å². The average Bonchev–Trinajstić information content (AvgIpc) is 2.75. The number of methoxy groups -OCH3 is 1. The van der Waals surface area contributed by atoms with Crippen molar-refractivity contribution >= 4 is 5.78 Å². The van der Waals surface area contributed by atoms with Crippen LogP contribution < -0.4 is 0 Å². The van der Waals surface area contributed by atoms with Gasteiger partial charge in [0.1, 0.15) is 18.8 Å². The van der Waals surface area contributed by atoms with E-state index in [1.54, 1.807) is 0 Å². The Kier molecular flexibility index (Phi) is 6.92. The van der Waals surface area contributed by atoms with Gasteiger partial charge in [0.25, 0.3) is 0 Å². The molecule has 1 aliphatic heterocycles. The van der Waals surface area contributed by atoms with E-state index < -0.39 is 42.8 Å². The fourth-order valence-corrected chi connectivity index (χ4v) is 1.73. The number of ketones is 1. The van der Waals surface area contributed by atoms with Crippen molar-refractivity contribution in [3.8, 4) is 0 Å². The van der Waals surface area contributed by atoms with Gasteiger partial charge in [0.15, 0.2) is 24.5 Å². The maximum absolute atomic E-state index is 11.1. The van der Waals surface area contributed by atoms with Crippen molar-refractivity contribution in [2.45, 2.75) is 43.4 Å². The number of carbonyl (C=O) groups is 1. The molecule has 1 aliphatic rings. The van der Waals surface area contributed by atoms with Crippen LogP contribution in [0.3, 0.4) is 0 Å². The zero-order chi connectivity index (χ0) is 15.3. The van der Waals surface area contributed by atoms with E-state index in [2.05, 4.69) is 4.74 Å². The summed E-state index contributed by atoms with van der Waals surface area (Å²) in [5.41, 5.74) is 0. The van der Waals surface area contributed by atoms with E-state index in [1.165, 1.54) is 0 Å². The Labute approximate surface area is 115 Å². The van der Waals surface area contributed by atoms with Gasteiger partial charge in [-0.15, -0.1) is 0 Å². The molecule has 0 amide bonds. The van der Waals surface area contributed by atoms with Crippen LogP contribution in [0.2, 0.25) is 0 Å². The molecule has 0 aromatic heterocycles. The second kappa shape index (κ2) is 7.96. The molecule has 0 aromatic carbocycles. The zero-order valence-corrected chi connectivity index (χ0v) is 11.0. The van der Waals surface area contributed by atoms with Crippen LogP contribution in [0.1, 0.15) is 6.42 Å². The normalized spacial score (nSPS) is 29.2. The van der Waals surface area contributed by atoms with Gasteiger partial charge in [-0.05, 0) is 6.42 Å². The van der Waals surface area contributed by atoms with Crippen molar-refractivity contribution in [2.75, 3.05) is 20.3 Å². The van der Waals surface area contributed by atoms with E-state index in [9.17, 15) is 25.2 Å². The first kappa shape index (κ1) is 17.4. The van der Waals surface area contributed by atoms with Crippen molar-refractivity contribution in [1.82, 2.24) is 0 Å². The molecular weight excluding hydrogens is 276 g/mol. The molecule has 9 heteroatoms. The smallest absolute Gasteiger partial charge is 0.192 e. The third-order valence-corrected chi connectivity index (χ3v) is 2.95. The lowest BCUT2D eigenvalue weighted by molar-refractivity contribution is -0.268. The van der Waals surface area contributed by atoms with E-state index in [1.807, 2.05) is 0 Å². The van der Waals surface area contributed by atoms with Crippen LogP contribution in [0, 0.1) is 0 Å². The molecule has 0 aliphatic carbocycles. The average molecular weight is 296 g/mol. The molecule has 118 valence electrons. The van der Waals surface area contributed by atoms with Gasteiger partial charge < -0.3 is 39.7 Å². The summed E-state index contributed by atoms with van der Waals surface area (Å²) in [6, 6.07) is 0. The monoisotopic (exact) mass is 296 g/mol. The summed E-state index contributed by atoms with van der Waals surface area (Å²) < 4.78 is 14.6. The molecule has 1 rings (SSSR count). The SMILES string of the molecule is CO[C@@H](O)C(O[C@H]1OCC(=O)C1O)C(O)[C@H](O)CCO. The highest BCUT2D eigenvalue weighted by Crippen LogP contribution is 2.19. The van der Waals surface area contributed by atoms with Gasteiger partial charge in [-0.2, -0.15) is 0 Å². The Morgan fingerprint density at radius 1 is 1.40 bits per heavy atom. The van der Waals surface area contributed by atoms with Crippen molar-refractivity contribution in [3.05, 3.63) is 0 Å². The number of hydrogen-bond donors (Lipinski definition) is 5. The minimum atomic E-state index is -1.62. The van der Waals surface area contributed by atoms with Gasteiger partial charge in [-0.1, -0.05) is 0 Å². The first-order valence-corrected chi connectivity index (χ1v) is 6.08. The number of rotatable bonds is 8. The Hall–Kier alpha value is -0.650. The minimum Gasteiger partial charge on any atom is -0.396 e. The highest BCUT2D eigenvalue weighted by atomic mass is 16.7. The summed E-state index contributed by atoms with van der Waals surface area (Å²) in [6.45, 7) is -0.730. The van der Waals surface area contributed by atoms with E-state index in [-0.39, 0.29) is 19.6 Å². The van der Waals surface area contributed by atoms with Crippen LogP contribution in [-0.2, 0) is 19.0 Å². The maximum Gasteiger partial charge on any atom is 0.192 e. The molecule has 20 heavy (non-hydrogen) atoms. The Bertz CT molecular complexity index is 310. The number of hydrogen-bond acceptors (Lipinski definition) is 9. The Morgan fingerprint density at radius 2 is 2.05 bits per heavy atom. The molecule has 1 heterocycles. The number of aliphatic hydroxyl groups is 5. The van der Waals surface area contributed by atoms with E-state index in [0.717, 1.165) is 7.11 Å². The molecule has 0 aromatic rings. The highest BCUT2D eigenvalue weighted by molar-refractivity contribution is 5.86. The van der Waals surface area contributed by atoms with Crippen molar-refractivity contribution in [2.24, 2.45) is 0 Å². The van der Waals surface area contributed by atoms with Crippen molar-refractivity contribution < 1.29 is 44.5 Å². The number of carbonyl (C=O) groups excluding carboxylic acids is 1. The highest BCUT2D eigenvalue weighted by Gasteiger charge is 2.41. The van der Waals surface area contributed by atoms with Gasteiger partial charge in [0.2, 0.25) is 0 Å². The largest absolute Gasteiger partial charge is 0.396 e. The van der Waals surface area contributed by atoms with Gasteiger partial charge in [-0.3, -0.25) is 4.79 Å². The summed E-state index contributed by atoms with van der Waals surface area (Å²) in [4.78, 5) is 11.1. The van der Waals surface area contributed by atoms with Crippen LogP contribution in [-0.4, -0.2) is 88.6 Å². The van der Waals surface area contributed by atoms with Crippen LogP contribution in [0.15, 0.2) is 0 Å². The molecule has 1 saturated heterocycles. The second-order valence-corrected chi connectivity index (χ2v) is 4.39. The molecular formula is C11H20O9. The van der Waals surface area contributed by atoms with E-state index >= 15 is 0 Å². The predicted molar refractivity (Wildman–Crippen MR) is 62.4 cm³/mol. The Balaban J connectivity index is 2.71.